The van der Waals surface area contributed by atoms with Gasteiger partial charge in [-0.05, 0) is 25.0 Å². The summed E-state index contributed by atoms with van der Waals surface area (Å²) in [5, 5.41) is 5.84. The van der Waals surface area contributed by atoms with Gasteiger partial charge in [0.2, 0.25) is 0 Å². The van der Waals surface area contributed by atoms with Gasteiger partial charge in [0, 0.05) is 31.7 Å². The lowest BCUT2D eigenvalue weighted by Gasteiger charge is -2.21. The fraction of sp³-hybridized carbons (Fsp3) is 0.571. The summed E-state index contributed by atoms with van der Waals surface area (Å²) >= 11 is 0. The molecular formula is C14H22N6O. The SMILES string of the molecule is CC1CNNC1NC(=O)Nc1cccnc1N1CCCC1. The molecule has 0 saturated carbocycles. The van der Waals surface area contributed by atoms with Gasteiger partial charge < -0.3 is 15.5 Å². The summed E-state index contributed by atoms with van der Waals surface area (Å²) in [6.07, 6.45) is 4.06. The van der Waals surface area contributed by atoms with E-state index in [4.69, 9.17) is 0 Å². The van der Waals surface area contributed by atoms with Crippen molar-refractivity contribution in [1.29, 1.82) is 0 Å². The van der Waals surface area contributed by atoms with Crippen LogP contribution >= 0.6 is 0 Å². The lowest BCUT2D eigenvalue weighted by Crippen LogP contribution is -2.48. The van der Waals surface area contributed by atoms with Gasteiger partial charge in [0.15, 0.2) is 5.82 Å². The van der Waals surface area contributed by atoms with E-state index < -0.39 is 0 Å². The first-order chi connectivity index (χ1) is 10.2. The van der Waals surface area contributed by atoms with Crippen LogP contribution in [0.2, 0.25) is 0 Å². The monoisotopic (exact) mass is 290 g/mol. The molecule has 0 bridgehead atoms. The highest BCUT2D eigenvalue weighted by molar-refractivity contribution is 5.92. The van der Waals surface area contributed by atoms with E-state index in [1.54, 1.807) is 6.20 Å². The smallest absolute Gasteiger partial charge is 0.320 e. The van der Waals surface area contributed by atoms with Crippen LogP contribution < -0.4 is 26.4 Å². The van der Waals surface area contributed by atoms with Crippen molar-refractivity contribution in [2.45, 2.75) is 25.9 Å². The quantitative estimate of drug-likeness (QED) is 0.664. The molecule has 2 aliphatic rings. The predicted molar refractivity (Wildman–Crippen MR) is 81.9 cm³/mol. The molecule has 0 spiro atoms. The van der Waals surface area contributed by atoms with Gasteiger partial charge in [-0.1, -0.05) is 6.92 Å². The Morgan fingerprint density at radius 2 is 2.24 bits per heavy atom. The number of nitrogens with one attached hydrogen (secondary N) is 4. The molecule has 3 rings (SSSR count). The number of urea groups is 1. The van der Waals surface area contributed by atoms with Crippen LogP contribution in [-0.2, 0) is 0 Å². The molecule has 2 amide bonds. The lowest BCUT2D eigenvalue weighted by molar-refractivity contribution is 0.244. The summed E-state index contributed by atoms with van der Waals surface area (Å²) < 4.78 is 0. The van der Waals surface area contributed by atoms with E-state index >= 15 is 0 Å². The van der Waals surface area contributed by atoms with E-state index in [2.05, 4.69) is 38.3 Å². The highest BCUT2D eigenvalue weighted by atomic mass is 16.2. The van der Waals surface area contributed by atoms with Gasteiger partial charge in [-0.15, -0.1) is 0 Å². The average Bonchev–Trinajstić information content (AvgIpc) is 3.12. The van der Waals surface area contributed by atoms with Gasteiger partial charge >= 0.3 is 6.03 Å². The van der Waals surface area contributed by atoms with Crippen LogP contribution in [-0.4, -0.2) is 36.8 Å². The van der Waals surface area contributed by atoms with Gasteiger partial charge in [0.25, 0.3) is 0 Å². The minimum absolute atomic E-state index is 0.0584. The van der Waals surface area contributed by atoms with Gasteiger partial charge in [-0.25, -0.2) is 15.2 Å². The van der Waals surface area contributed by atoms with Crippen molar-refractivity contribution in [1.82, 2.24) is 21.2 Å². The highest BCUT2D eigenvalue weighted by Gasteiger charge is 2.24. The van der Waals surface area contributed by atoms with Crippen molar-refractivity contribution in [2.75, 3.05) is 29.9 Å². The molecule has 1 aromatic heterocycles. The second kappa shape index (κ2) is 6.28. The van der Waals surface area contributed by atoms with E-state index in [1.807, 2.05) is 12.1 Å². The van der Waals surface area contributed by atoms with Crippen LogP contribution in [0.3, 0.4) is 0 Å². The zero-order chi connectivity index (χ0) is 14.7. The van der Waals surface area contributed by atoms with Crippen molar-refractivity contribution in [3.63, 3.8) is 0 Å². The van der Waals surface area contributed by atoms with Crippen LogP contribution in [0.5, 0.6) is 0 Å². The fourth-order valence-electron chi connectivity index (χ4n) is 2.74. The molecule has 7 heteroatoms. The molecule has 7 nitrogen and oxygen atoms in total. The summed E-state index contributed by atoms with van der Waals surface area (Å²) in [5.74, 6) is 1.21. The number of carbonyl (C=O) groups excluding carboxylic acids is 1. The van der Waals surface area contributed by atoms with Crippen LogP contribution in [0, 0.1) is 5.92 Å². The maximum absolute atomic E-state index is 12.1. The number of hydrogen-bond acceptors (Lipinski definition) is 5. The Morgan fingerprint density at radius 3 is 2.95 bits per heavy atom. The van der Waals surface area contributed by atoms with Crippen molar-refractivity contribution in [3.05, 3.63) is 18.3 Å². The number of amides is 2. The molecule has 2 fully saturated rings. The number of pyridine rings is 1. The summed E-state index contributed by atoms with van der Waals surface area (Å²) in [6, 6.07) is 3.52. The first-order valence-corrected chi connectivity index (χ1v) is 7.50. The molecule has 3 heterocycles. The maximum atomic E-state index is 12.1. The highest BCUT2D eigenvalue weighted by Crippen LogP contribution is 2.25. The van der Waals surface area contributed by atoms with Gasteiger partial charge in [-0.3, -0.25) is 5.43 Å². The standard InChI is InChI=1S/C14H22N6O/c1-10-9-16-19-12(10)18-14(21)17-11-5-4-6-15-13(11)20-7-2-3-8-20/h4-6,10,12,16,19H,2-3,7-9H2,1H3,(H2,17,18,21). The van der Waals surface area contributed by atoms with Gasteiger partial charge in [0.1, 0.15) is 0 Å². The Hall–Kier alpha value is -1.86. The Morgan fingerprint density at radius 1 is 1.43 bits per heavy atom. The van der Waals surface area contributed by atoms with E-state index in [0.717, 1.165) is 31.1 Å². The normalized spacial score (nSPS) is 25.1. The van der Waals surface area contributed by atoms with E-state index in [9.17, 15) is 4.79 Å². The molecule has 2 atom stereocenters. The second-order valence-electron chi connectivity index (χ2n) is 5.65. The average molecular weight is 290 g/mol. The third kappa shape index (κ3) is 3.25. The largest absolute Gasteiger partial charge is 0.355 e. The van der Waals surface area contributed by atoms with Crippen LogP contribution in [0.15, 0.2) is 18.3 Å². The summed E-state index contributed by atoms with van der Waals surface area (Å²) in [6.45, 7) is 4.92. The van der Waals surface area contributed by atoms with Crippen LogP contribution in [0.4, 0.5) is 16.3 Å². The molecule has 0 aromatic carbocycles. The van der Waals surface area contributed by atoms with Crippen molar-refractivity contribution >= 4 is 17.5 Å². The van der Waals surface area contributed by atoms with Crippen molar-refractivity contribution < 1.29 is 4.79 Å². The van der Waals surface area contributed by atoms with Crippen molar-refractivity contribution in [3.8, 4) is 0 Å². The first kappa shape index (κ1) is 14.1. The Labute approximate surface area is 124 Å². The molecule has 2 aliphatic heterocycles. The van der Waals surface area contributed by atoms with Crippen LogP contribution in [0.25, 0.3) is 0 Å². The van der Waals surface area contributed by atoms with Crippen molar-refractivity contribution in [2.24, 2.45) is 5.92 Å². The molecule has 114 valence electrons. The zero-order valence-electron chi connectivity index (χ0n) is 12.2. The second-order valence-corrected chi connectivity index (χ2v) is 5.65. The van der Waals surface area contributed by atoms with Gasteiger partial charge in [0.05, 0.1) is 11.9 Å². The number of carbonyl (C=O) groups is 1. The lowest BCUT2D eigenvalue weighted by atomic mass is 10.1. The minimum atomic E-state index is -0.212. The molecule has 0 radical (unpaired) electrons. The first-order valence-electron chi connectivity index (χ1n) is 7.50. The number of rotatable bonds is 3. The molecule has 21 heavy (non-hydrogen) atoms. The topological polar surface area (TPSA) is 81.3 Å². The Bertz CT molecular complexity index is 502. The molecule has 2 unspecified atom stereocenters. The summed E-state index contributed by atoms with van der Waals surface area (Å²) in [4.78, 5) is 18.8. The molecule has 4 N–H and O–H groups in total. The third-order valence-corrected chi connectivity index (χ3v) is 3.98. The molecule has 2 saturated heterocycles. The summed E-state index contributed by atoms with van der Waals surface area (Å²) in [7, 11) is 0. The number of anilines is 2. The van der Waals surface area contributed by atoms with E-state index in [1.165, 1.54) is 12.8 Å². The molecular weight excluding hydrogens is 268 g/mol. The Kier molecular flexibility index (Phi) is 4.21. The predicted octanol–water partition coefficient (Wildman–Crippen LogP) is 0.873. The maximum Gasteiger partial charge on any atom is 0.320 e. The van der Waals surface area contributed by atoms with E-state index in [-0.39, 0.29) is 12.2 Å². The third-order valence-electron chi connectivity index (χ3n) is 3.98. The number of nitrogens with zero attached hydrogens (tertiary/aromatic N) is 2. The number of hydrogen-bond donors (Lipinski definition) is 4. The minimum Gasteiger partial charge on any atom is -0.355 e. The Balaban J connectivity index is 1.65. The molecule has 0 aliphatic carbocycles. The van der Waals surface area contributed by atoms with Gasteiger partial charge in [-0.2, -0.15) is 0 Å². The van der Waals surface area contributed by atoms with E-state index in [0.29, 0.717) is 5.92 Å². The fourth-order valence-corrected chi connectivity index (χ4v) is 2.74. The number of aromatic nitrogens is 1. The summed E-state index contributed by atoms with van der Waals surface area (Å²) in [5.41, 5.74) is 6.84. The molecule has 1 aromatic rings. The zero-order valence-corrected chi connectivity index (χ0v) is 12.2. The van der Waals surface area contributed by atoms with Crippen LogP contribution in [0.1, 0.15) is 19.8 Å². The number of hydrazine groups is 1.